The molecule has 0 spiro atoms. The van der Waals surface area contributed by atoms with Crippen molar-refractivity contribution < 1.29 is 19.5 Å². The summed E-state index contributed by atoms with van der Waals surface area (Å²) >= 11 is 0. The topological polar surface area (TPSA) is 100 Å². The third kappa shape index (κ3) is 6.84. The number of carbonyl (C=O) groups excluding carboxylic acids is 2. The average Bonchev–Trinajstić information content (AvgIpc) is 3.02. The first-order chi connectivity index (χ1) is 14.7. The molecular formula is C25H37N3O4. The molecule has 0 radical (unpaired) electrons. The van der Waals surface area contributed by atoms with Crippen molar-refractivity contribution in [1.29, 1.82) is 0 Å². The molecule has 2 rings (SSSR count). The number of hydrogen-bond donors (Lipinski definition) is 3. The first-order valence-corrected chi connectivity index (χ1v) is 11.1. The molecule has 2 amide bonds. The Hall–Kier alpha value is -2.83. The molecule has 2 atom stereocenters. The molecular weight excluding hydrogens is 406 g/mol. The van der Waals surface area contributed by atoms with E-state index in [9.17, 15) is 19.5 Å². The maximum Gasteiger partial charge on any atom is 0.326 e. The fourth-order valence-electron chi connectivity index (χ4n) is 3.75. The third-order valence-corrected chi connectivity index (χ3v) is 5.43. The lowest BCUT2D eigenvalue weighted by Gasteiger charge is -2.24. The SMILES string of the molecule is CC(=O)N[C@@H](Cc1cn(C(C)(C)C)c2ccccc12)C(=O)N[C@@H](CCC(C)(C)C)C(=O)O. The van der Waals surface area contributed by atoms with Crippen LogP contribution in [0.2, 0.25) is 0 Å². The number of carboxylic acids is 1. The molecule has 0 aliphatic heterocycles. The number of rotatable bonds is 8. The second-order valence-corrected chi connectivity index (χ2v) is 10.7. The molecule has 7 heteroatoms. The monoisotopic (exact) mass is 443 g/mol. The van der Waals surface area contributed by atoms with E-state index in [2.05, 4.69) is 36.0 Å². The van der Waals surface area contributed by atoms with Crippen LogP contribution in [-0.2, 0) is 26.3 Å². The lowest BCUT2D eigenvalue weighted by molar-refractivity contribution is -0.142. The Morgan fingerprint density at radius 2 is 1.62 bits per heavy atom. The standard InChI is InChI=1S/C25H37N3O4/c1-16(29)26-20(22(30)27-19(23(31)32)12-13-24(2,3)4)14-17-15-28(25(5,6)7)21-11-9-8-10-18(17)21/h8-11,15,19-20H,12-14H2,1-7H3,(H,26,29)(H,27,30)(H,31,32)/t19-,20-/m0/s1. The van der Waals surface area contributed by atoms with Crippen LogP contribution < -0.4 is 10.6 Å². The maximum absolute atomic E-state index is 13.1. The van der Waals surface area contributed by atoms with Crippen molar-refractivity contribution in [2.45, 2.75) is 85.4 Å². The lowest BCUT2D eigenvalue weighted by atomic mass is 9.88. The highest BCUT2D eigenvalue weighted by Crippen LogP contribution is 2.28. The van der Waals surface area contributed by atoms with Crippen LogP contribution in [0.5, 0.6) is 0 Å². The van der Waals surface area contributed by atoms with Crippen LogP contribution in [0.3, 0.4) is 0 Å². The minimum atomic E-state index is -1.08. The Kier molecular flexibility index (Phi) is 7.75. The van der Waals surface area contributed by atoms with Crippen molar-refractivity contribution in [2.24, 2.45) is 5.41 Å². The largest absolute Gasteiger partial charge is 0.480 e. The molecule has 7 nitrogen and oxygen atoms in total. The minimum Gasteiger partial charge on any atom is -0.480 e. The zero-order valence-corrected chi connectivity index (χ0v) is 20.3. The number of carbonyl (C=O) groups is 3. The number of aromatic nitrogens is 1. The molecule has 176 valence electrons. The van der Waals surface area contributed by atoms with Gasteiger partial charge in [-0.05, 0) is 50.7 Å². The summed E-state index contributed by atoms with van der Waals surface area (Å²) in [4.78, 5) is 36.6. The molecule has 32 heavy (non-hydrogen) atoms. The summed E-state index contributed by atoms with van der Waals surface area (Å²) in [5, 5.41) is 16.0. The number of para-hydroxylation sites is 1. The molecule has 1 aromatic carbocycles. The Bertz CT molecular complexity index is 979. The van der Waals surface area contributed by atoms with Gasteiger partial charge in [0.1, 0.15) is 12.1 Å². The predicted octanol–water partition coefficient (Wildman–Crippen LogP) is 3.84. The summed E-state index contributed by atoms with van der Waals surface area (Å²) in [5.74, 6) is -1.91. The van der Waals surface area contributed by atoms with E-state index in [1.165, 1.54) is 6.92 Å². The average molecular weight is 444 g/mol. The molecule has 3 N–H and O–H groups in total. The Morgan fingerprint density at radius 1 is 1.00 bits per heavy atom. The summed E-state index contributed by atoms with van der Waals surface area (Å²) in [6, 6.07) is 6.07. The van der Waals surface area contributed by atoms with Crippen LogP contribution in [0.25, 0.3) is 10.9 Å². The zero-order valence-electron chi connectivity index (χ0n) is 20.3. The van der Waals surface area contributed by atoms with Crippen LogP contribution >= 0.6 is 0 Å². The second-order valence-electron chi connectivity index (χ2n) is 10.7. The van der Waals surface area contributed by atoms with E-state index in [1.54, 1.807) is 0 Å². The summed E-state index contributed by atoms with van der Waals surface area (Å²) in [7, 11) is 0. The number of nitrogens with one attached hydrogen (secondary N) is 2. The smallest absolute Gasteiger partial charge is 0.326 e. The first kappa shape index (κ1) is 25.4. The second kappa shape index (κ2) is 9.76. The first-order valence-electron chi connectivity index (χ1n) is 11.1. The number of amides is 2. The molecule has 1 heterocycles. The van der Waals surface area contributed by atoms with Crippen molar-refractivity contribution in [3.8, 4) is 0 Å². The Labute approximate surface area is 190 Å². The van der Waals surface area contributed by atoms with Gasteiger partial charge in [-0.15, -0.1) is 0 Å². The number of fused-ring (bicyclic) bond motifs is 1. The summed E-state index contributed by atoms with van der Waals surface area (Å²) in [6.07, 6.45) is 3.25. The van der Waals surface area contributed by atoms with Crippen molar-refractivity contribution >= 4 is 28.7 Å². The molecule has 0 aliphatic carbocycles. The highest BCUT2D eigenvalue weighted by Gasteiger charge is 2.29. The molecule has 0 fully saturated rings. The normalized spacial score (nSPS) is 14.1. The summed E-state index contributed by atoms with van der Waals surface area (Å²) < 4.78 is 2.16. The van der Waals surface area contributed by atoms with Gasteiger partial charge in [0.25, 0.3) is 0 Å². The van der Waals surface area contributed by atoms with Crippen molar-refractivity contribution in [2.75, 3.05) is 0 Å². The summed E-state index contributed by atoms with van der Waals surface area (Å²) in [5.41, 5.74) is 1.76. The van der Waals surface area contributed by atoms with Crippen LogP contribution in [0, 0.1) is 5.41 Å². The van der Waals surface area contributed by atoms with Gasteiger partial charge in [0.2, 0.25) is 11.8 Å². The highest BCUT2D eigenvalue weighted by atomic mass is 16.4. The van der Waals surface area contributed by atoms with Crippen molar-refractivity contribution in [3.63, 3.8) is 0 Å². The summed E-state index contributed by atoms with van der Waals surface area (Å²) in [6.45, 7) is 13.7. The van der Waals surface area contributed by atoms with Gasteiger partial charge >= 0.3 is 5.97 Å². The van der Waals surface area contributed by atoms with Crippen LogP contribution in [0.15, 0.2) is 30.5 Å². The van der Waals surface area contributed by atoms with Crippen LogP contribution in [-0.4, -0.2) is 39.5 Å². The predicted molar refractivity (Wildman–Crippen MR) is 126 cm³/mol. The fourth-order valence-corrected chi connectivity index (χ4v) is 3.75. The van der Waals surface area contributed by atoms with E-state index in [4.69, 9.17) is 0 Å². The number of nitrogens with zero attached hydrogens (tertiary/aromatic N) is 1. The molecule has 2 aromatic rings. The molecule has 0 saturated heterocycles. The molecule has 0 unspecified atom stereocenters. The number of carboxylic acid groups (broad SMARTS) is 1. The van der Waals surface area contributed by atoms with E-state index in [-0.39, 0.29) is 23.3 Å². The highest BCUT2D eigenvalue weighted by molar-refractivity contribution is 5.91. The van der Waals surface area contributed by atoms with Gasteiger partial charge in [0.05, 0.1) is 0 Å². The number of aliphatic carboxylic acids is 1. The van der Waals surface area contributed by atoms with E-state index < -0.39 is 24.0 Å². The van der Waals surface area contributed by atoms with Gasteiger partial charge in [0.15, 0.2) is 0 Å². The lowest BCUT2D eigenvalue weighted by Crippen LogP contribution is -2.52. The van der Waals surface area contributed by atoms with Gasteiger partial charge in [0, 0.05) is 36.0 Å². The molecule has 0 bridgehead atoms. The Balaban J connectivity index is 2.32. The van der Waals surface area contributed by atoms with Crippen LogP contribution in [0.4, 0.5) is 0 Å². The number of hydrogen-bond acceptors (Lipinski definition) is 3. The molecule has 1 aromatic heterocycles. The minimum absolute atomic E-state index is 0.0513. The Morgan fingerprint density at radius 3 is 2.16 bits per heavy atom. The van der Waals surface area contributed by atoms with E-state index in [0.29, 0.717) is 12.8 Å². The van der Waals surface area contributed by atoms with Gasteiger partial charge < -0.3 is 20.3 Å². The fraction of sp³-hybridized carbons (Fsp3) is 0.560. The molecule has 0 saturated carbocycles. The van der Waals surface area contributed by atoms with Gasteiger partial charge in [-0.2, -0.15) is 0 Å². The maximum atomic E-state index is 13.1. The van der Waals surface area contributed by atoms with Gasteiger partial charge in [-0.1, -0.05) is 39.0 Å². The third-order valence-electron chi connectivity index (χ3n) is 5.43. The molecule has 0 aliphatic rings. The van der Waals surface area contributed by atoms with E-state index in [1.807, 2.05) is 51.2 Å². The van der Waals surface area contributed by atoms with Crippen molar-refractivity contribution in [1.82, 2.24) is 15.2 Å². The quantitative estimate of drug-likeness (QED) is 0.577. The van der Waals surface area contributed by atoms with Gasteiger partial charge in [-0.3, -0.25) is 9.59 Å². The number of benzene rings is 1. The van der Waals surface area contributed by atoms with E-state index >= 15 is 0 Å². The zero-order chi connectivity index (χ0) is 24.3. The van der Waals surface area contributed by atoms with Gasteiger partial charge in [-0.25, -0.2) is 4.79 Å². The van der Waals surface area contributed by atoms with E-state index in [0.717, 1.165) is 16.5 Å². The van der Waals surface area contributed by atoms with Crippen molar-refractivity contribution in [3.05, 3.63) is 36.0 Å². The van der Waals surface area contributed by atoms with Crippen LogP contribution in [0.1, 0.15) is 66.9 Å².